The zero-order valence-corrected chi connectivity index (χ0v) is 12.6. The van der Waals surface area contributed by atoms with Crippen molar-refractivity contribution in [1.82, 2.24) is 0 Å². The van der Waals surface area contributed by atoms with E-state index in [4.69, 9.17) is 5.26 Å². The van der Waals surface area contributed by atoms with E-state index in [2.05, 4.69) is 59.4 Å². The van der Waals surface area contributed by atoms with Gasteiger partial charge in [-0.3, -0.25) is 0 Å². The van der Waals surface area contributed by atoms with E-state index in [1.165, 1.54) is 16.7 Å². The van der Waals surface area contributed by atoms with Crippen LogP contribution in [0.15, 0.2) is 40.9 Å². The smallest absolute Gasteiger partial charge is 0.0992 e. The van der Waals surface area contributed by atoms with Crippen LogP contribution in [-0.2, 0) is 6.54 Å². The molecule has 0 radical (unpaired) electrons. The average molecular weight is 315 g/mol. The first-order valence-corrected chi connectivity index (χ1v) is 6.89. The van der Waals surface area contributed by atoms with Crippen LogP contribution in [0.1, 0.15) is 22.3 Å². The number of rotatable bonds is 3. The van der Waals surface area contributed by atoms with Crippen LogP contribution >= 0.6 is 15.9 Å². The topological polar surface area (TPSA) is 35.8 Å². The molecule has 0 bridgehead atoms. The SMILES string of the molecule is Cc1cccc(CNc2ccc(C#N)cc2Br)c1C. The zero-order chi connectivity index (χ0) is 13.8. The quantitative estimate of drug-likeness (QED) is 0.902. The van der Waals surface area contributed by atoms with Gasteiger partial charge in [-0.15, -0.1) is 0 Å². The molecule has 1 N–H and O–H groups in total. The molecule has 0 heterocycles. The molecule has 0 atom stereocenters. The standard InChI is InChI=1S/C16H15BrN2/c1-11-4-3-5-14(12(11)2)10-19-16-7-6-13(9-18)8-15(16)17/h3-8,19H,10H2,1-2H3. The highest BCUT2D eigenvalue weighted by Crippen LogP contribution is 2.24. The van der Waals surface area contributed by atoms with E-state index >= 15 is 0 Å². The fraction of sp³-hybridized carbons (Fsp3) is 0.188. The van der Waals surface area contributed by atoms with E-state index in [1.807, 2.05) is 18.2 Å². The third kappa shape index (κ3) is 3.15. The zero-order valence-electron chi connectivity index (χ0n) is 11.0. The van der Waals surface area contributed by atoms with E-state index in [1.54, 1.807) is 0 Å². The van der Waals surface area contributed by atoms with Gasteiger partial charge in [0.05, 0.1) is 11.6 Å². The van der Waals surface area contributed by atoms with Gasteiger partial charge in [-0.05, 0) is 64.7 Å². The molecule has 96 valence electrons. The van der Waals surface area contributed by atoms with Crippen molar-refractivity contribution in [3.63, 3.8) is 0 Å². The summed E-state index contributed by atoms with van der Waals surface area (Å²) in [4.78, 5) is 0. The maximum Gasteiger partial charge on any atom is 0.0992 e. The Balaban J connectivity index is 2.15. The highest BCUT2D eigenvalue weighted by Gasteiger charge is 2.03. The summed E-state index contributed by atoms with van der Waals surface area (Å²) in [5.74, 6) is 0. The molecule has 2 aromatic rings. The summed E-state index contributed by atoms with van der Waals surface area (Å²) in [6.45, 7) is 5.04. The van der Waals surface area contributed by atoms with Gasteiger partial charge in [0, 0.05) is 16.7 Å². The van der Waals surface area contributed by atoms with Crippen molar-refractivity contribution in [1.29, 1.82) is 5.26 Å². The lowest BCUT2D eigenvalue weighted by Crippen LogP contribution is -2.02. The van der Waals surface area contributed by atoms with Crippen LogP contribution < -0.4 is 5.32 Å². The Morgan fingerprint density at radius 3 is 2.68 bits per heavy atom. The molecule has 0 fully saturated rings. The number of nitriles is 1. The Morgan fingerprint density at radius 1 is 1.21 bits per heavy atom. The Morgan fingerprint density at radius 2 is 2.00 bits per heavy atom. The van der Waals surface area contributed by atoms with Gasteiger partial charge in [-0.2, -0.15) is 5.26 Å². The third-order valence-corrected chi connectivity index (χ3v) is 3.94. The van der Waals surface area contributed by atoms with Gasteiger partial charge in [0.25, 0.3) is 0 Å². The van der Waals surface area contributed by atoms with E-state index in [-0.39, 0.29) is 0 Å². The fourth-order valence-corrected chi connectivity index (χ4v) is 2.44. The predicted molar refractivity (Wildman–Crippen MR) is 82.1 cm³/mol. The highest BCUT2D eigenvalue weighted by molar-refractivity contribution is 9.10. The molecule has 0 aliphatic heterocycles. The van der Waals surface area contributed by atoms with E-state index in [0.717, 1.165) is 16.7 Å². The number of anilines is 1. The van der Waals surface area contributed by atoms with Gasteiger partial charge in [0.15, 0.2) is 0 Å². The molecule has 0 spiro atoms. The maximum atomic E-state index is 8.84. The second-order valence-electron chi connectivity index (χ2n) is 4.52. The van der Waals surface area contributed by atoms with Crippen LogP contribution in [0.4, 0.5) is 5.69 Å². The molecular weight excluding hydrogens is 300 g/mol. The summed E-state index contributed by atoms with van der Waals surface area (Å²) in [6, 6.07) is 14.0. The van der Waals surface area contributed by atoms with Gasteiger partial charge in [0.2, 0.25) is 0 Å². The van der Waals surface area contributed by atoms with Crippen molar-refractivity contribution in [3.05, 3.63) is 63.1 Å². The fourth-order valence-electron chi connectivity index (χ4n) is 1.92. The predicted octanol–water partition coefficient (Wildman–Crippen LogP) is 4.55. The van der Waals surface area contributed by atoms with E-state index in [0.29, 0.717) is 5.56 Å². The van der Waals surface area contributed by atoms with Crippen molar-refractivity contribution >= 4 is 21.6 Å². The minimum Gasteiger partial charge on any atom is -0.380 e. The Bertz CT molecular complexity index is 642. The van der Waals surface area contributed by atoms with Crippen molar-refractivity contribution in [2.75, 3.05) is 5.32 Å². The average Bonchev–Trinajstić information content (AvgIpc) is 2.41. The van der Waals surface area contributed by atoms with Crippen molar-refractivity contribution in [2.45, 2.75) is 20.4 Å². The second-order valence-corrected chi connectivity index (χ2v) is 5.37. The number of hydrogen-bond acceptors (Lipinski definition) is 2. The molecular formula is C16H15BrN2. The van der Waals surface area contributed by atoms with Crippen molar-refractivity contribution in [2.24, 2.45) is 0 Å². The van der Waals surface area contributed by atoms with Gasteiger partial charge in [-0.1, -0.05) is 18.2 Å². The molecule has 2 rings (SSSR count). The maximum absolute atomic E-state index is 8.84. The summed E-state index contributed by atoms with van der Waals surface area (Å²) >= 11 is 3.48. The van der Waals surface area contributed by atoms with E-state index < -0.39 is 0 Å². The molecule has 0 saturated heterocycles. The van der Waals surface area contributed by atoms with Crippen molar-refractivity contribution in [3.8, 4) is 6.07 Å². The van der Waals surface area contributed by atoms with Gasteiger partial charge >= 0.3 is 0 Å². The lowest BCUT2D eigenvalue weighted by Gasteiger charge is -2.12. The van der Waals surface area contributed by atoms with E-state index in [9.17, 15) is 0 Å². The number of halogens is 1. The molecule has 2 nitrogen and oxygen atoms in total. The molecule has 0 aliphatic carbocycles. The van der Waals surface area contributed by atoms with Crippen LogP contribution in [0.25, 0.3) is 0 Å². The Kier molecular flexibility index (Phi) is 4.24. The number of nitrogens with one attached hydrogen (secondary N) is 1. The first-order valence-electron chi connectivity index (χ1n) is 6.10. The molecule has 2 aromatic carbocycles. The lowest BCUT2D eigenvalue weighted by molar-refractivity contribution is 1.10. The summed E-state index contributed by atoms with van der Waals surface area (Å²) in [5, 5.41) is 12.2. The molecule has 0 unspecified atom stereocenters. The monoisotopic (exact) mass is 314 g/mol. The molecule has 19 heavy (non-hydrogen) atoms. The molecule has 3 heteroatoms. The Hall–Kier alpha value is -1.79. The summed E-state index contributed by atoms with van der Waals surface area (Å²) < 4.78 is 0.914. The van der Waals surface area contributed by atoms with Gasteiger partial charge in [-0.25, -0.2) is 0 Å². The first-order chi connectivity index (χ1) is 9.11. The van der Waals surface area contributed by atoms with Crippen LogP contribution in [0.5, 0.6) is 0 Å². The molecule has 0 aromatic heterocycles. The second kappa shape index (κ2) is 5.90. The summed E-state index contributed by atoms with van der Waals surface area (Å²) in [5.41, 5.74) is 5.57. The minimum atomic E-state index is 0.657. The molecule has 0 amide bonds. The van der Waals surface area contributed by atoms with Crippen LogP contribution in [0.2, 0.25) is 0 Å². The first kappa shape index (κ1) is 13.6. The van der Waals surface area contributed by atoms with Gasteiger partial charge in [0.1, 0.15) is 0 Å². The largest absolute Gasteiger partial charge is 0.380 e. The molecule has 0 aliphatic rings. The number of benzene rings is 2. The third-order valence-electron chi connectivity index (χ3n) is 3.28. The number of nitrogens with zero attached hydrogens (tertiary/aromatic N) is 1. The lowest BCUT2D eigenvalue weighted by atomic mass is 10.0. The number of aryl methyl sites for hydroxylation is 1. The van der Waals surface area contributed by atoms with Crippen LogP contribution in [-0.4, -0.2) is 0 Å². The van der Waals surface area contributed by atoms with Gasteiger partial charge < -0.3 is 5.32 Å². The summed E-state index contributed by atoms with van der Waals surface area (Å²) in [6.07, 6.45) is 0. The van der Waals surface area contributed by atoms with Crippen LogP contribution in [0, 0.1) is 25.2 Å². The summed E-state index contributed by atoms with van der Waals surface area (Å²) in [7, 11) is 0. The molecule has 0 saturated carbocycles. The number of hydrogen-bond donors (Lipinski definition) is 1. The van der Waals surface area contributed by atoms with Crippen molar-refractivity contribution < 1.29 is 0 Å². The van der Waals surface area contributed by atoms with Crippen LogP contribution in [0.3, 0.4) is 0 Å². The highest BCUT2D eigenvalue weighted by atomic mass is 79.9. The normalized spacial score (nSPS) is 10.0. The minimum absolute atomic E-state index is 0.657. The Labute approximate surface area is 122 Å².